The molecule has 0 aromatic carbocycles. The fourth-order valence-corrected chi connectivity index (χ4v) is 1.44. The molecule has 7 heteroatoms. The molecule has 2 rings (SSSR count). The maximum absolute atomic E-state index is 11.7. The Morgan fingerprint density at radius 1 is 1.56 bits per heavy atom. The molecular weight excluding hydrogens is 236 g/mol. The summed E-state index contributed by atoms with van der Waals surface area (Å²) in [7, 11) is 0. The monoisotopic (exact) mass is 248 g/mol. The van der Waals surface area contributed by atoms with Gasteiger partial charge in [0.2, 0.25) is 6.39 Å². The first kappa shape index (κ1) is 12.0. The van der Waals surface area contributed by atoms with E-state index >= 15 is 0 Å². The average Bonchev–Trinajstić information content (AvgIpc) is 2.81. The highest BCUT2D eigenvalue weighted by Crippen LogP contribution is 1.93. The van der Waals surface area contributed by atoms with Crippen LogP contribution in [-0.4, -0.2) is 27.6 Å². The van der Waals surface area contributed by atoms with Gasteiger partial charge in [-0.15, -0.1) is 0 Å². The van der Waals surface area contributed by atoms with Crippen molar-refractivity contribution in [1.29, 1.82) is 0 Å². The molecule has 94 valence electrons. The van der Waals surface area contributed by atoms with Gasteiger partial charge in [0.05, 0.1) is 0 Å². The summed E-state index contributed by atoms with van der Waals surface area (Å²) in [6, 6.07) is 1.38. The van der Waals surface area contributed by atoms with Crippen molar-refractivity contribution in [1.82, 2.24) is 20.4 Å². The Bertz CT molecular complexity index is 589. The van der Waals surface area contributed by atoms with Crippen LogP contribution in [0, 0.1) is 6.92 Å². The molecule has 0 radical (unpaired) electrons. The predicted molar refractivity (Wildman–Crippen MR) is 62.1 cm³/mol. The van der Waals surface area contributed by atoms with Crippen LogP contribution in [0.3, 0.4) is 0 Å². The third kappa shape index (κ3) is 2.82. The number of aryl methyl sites for hydroxylation is 1. The minimum atomic E-state index is -0.417. The molecule has 0 unspecified atom stereocenters. The van der Waals surface area contributed by atoms with Crippen molar-refractivity contribution in [3.8, 4) is 0 Å². The number of nitrogens with one attached hydrogen (secondary N) is 2. The van der Waals surface area contributed by atoms with Gasteiger partial charge in [0.1, 0.15) is 5.56 Å². The predicted octanol–water partition coefficient (Wildman–Crippen LogP) is 0.0388. The SMILES string of the molecule is Cc1cc(=O)c(C(=O)NCCc2ncon2)c[nH]1. The van der Waals surface area contributed by atoms with Crippen molar-refractivity contribution >= 4 is 5.91 Å². The van der Waals surface area contributed by atoms with E-state index in [4.69, 9.17) is 0 Å². The summed E-state index contributed by atoms with van der Waals surface area (Å²) in [6.07, 6.45) is 3.08. The molecule has 2 aromatic rings. The lowest BCUT2D eigenvalue weighted by molar-refractivity contribution is 0.0952. The molecule has 0 spiro atoms. The van der Waals surface area contributed by atoms with Crippen LogP contribution in [0.2, 0.25) is 0 Å². The smallest absolute Gasteiger partial charge is 0.256 e. The average molecular weight is 248 g/mol. The topological polar surface area (TPSA) is 101 Å². The van der Waals surface area contributed by atoms with Crippen molar-refractivity contribution in [2.24, 2.45) is 0 Å². The van der Waals surface area contributed by atoms with Crippen LogP contribution in [0.15, 0.2) is 28.0 Å². The van der Waals surface area contributed by atoms with Crippen LogP contribution >= 0.6 is 0 Å². The second kappa shape index (κ2) is 5.26. The summed E-state index contributed by atoms with van der Waals surface area (Å²) >= 11 is 0. The van der Waals surface area contributed by atoms with Crippen molar-refractivity contribution in [3.05, 3.63) is 46.0 Å². The van der Waals surface area contributed by atoms with Gasteiger partial charge in [-0.1, -0.05) is 5.16 Å². The second-order valence-corrected chi connectivity index (χ2v) is 3.75. The van der Waals surface area contributed by atoms with Gasteiger partial charge in [0, 0.05) is 30.9 Å². The normalized spacial score (nSPS) is 10.3. The first-order valence-corrected chi connectivity index (χ1v) is 5.39. The number of pyridine rings is 1. The minimum Gasteiger partial charge on any atom is -0.364 e. The summed E-state index contributed by atoms with van der Waals surface area (Å²) in [5, 5.41) is 6.23. The number of carbonyl (C=O) groups is 1. The summed E-state index contributed by atoms with van der Waals surface area (Å²) in [5.74, 6) is 0.0906. The number of nitrogens with zero attached hydrogens (tertiary/aromatic N) is 2. The molecule has 2 N–H and O–H groups in total. The molecule has 2 aromatic heterocycles. The molecule has 0 saturated carbocycles. The summed E-state index contributed by atoms with van der Waals surface area (Å²) < 4.78 is 4.56. The Balaban J connectivity index is 1.93. The molecule has 1 amide bonds. The third-order valence-electron chi connectivity index (χ3n) is 2.34. The maximum atomic E-state index is 11.7. The molecular formula is C11H12N4O3. The Hall–Kier alpha value is -2.44. The summed E-state index contributed by atoms with van der Waals surface area (Å²) in [5.41, 5.74) is 0.500. The zero-order valence-electron chi connectivity index (χ0n) is 9.77. The highest BCUT2D eigenvalue weighted by atomic mass is 16.5. The minimum absolute atomic E-state index is 0.0914. The van der Waals surface area contributed by atoms with Gasteiger partial charge in [-0.25, -0.2) is 0 Å². The molecule has 0 atom stereocenters. The first-order chi connectivity index (χ1) is 8.66. The Morgan fingerprint density at radius 3 is 3.06 bits per heavy atom. The van der Waals surface area contributed by atoms with Crippen LogP contribution in [0.1, 0.15) is 21.9 Å². The van der Waals surface area contributed by atoms with Crippen molar-refractivity contribution in [2.75, 3.05) is 6.54 Å². The molecule has 0 bridgehead atoms. The third-order valence-corrected chi connectivity index (χ3v) is 2.34. The number of H-pyrrole nitrogens is 1. The number of rotatable bonds is 4. The van der Waals surface area contributed by atoms with Crippen LogP contribution in [0.4, 0.5) is 0 Å². The number of hydrogen-bond donors (Lipinski definition) is 2. The van der Waals surface area contributed by atoms with E-state index in [1.54, 1.807) is 6.92 Å². The fourth-order valence-electron chi connectivity index (χ4n) is 1.44. The quantitative estimate of drug-likeness (QED) is 0.795. The second-order valence-electron chi connectivity index (χ2n) is 3.75. The van der Waals surface area contributed by atoms with Gasteiger partial charge in [-0.05, 0) is 6.92 Å². The number of hydrogen-bond acceptors (Lipinski definition) is 5. The number of amides is 1. The van der Waals surface area contributed by atoms with Crippen molar-refractivity contribution in [3.63, 3.8) is 0 Å². The number of aromatic amines is 1. The van der Waals surface area contributed by atoms with Crippen LogP contribution in [0.25, 0.3) is 0 Å². The van der Waals surface area contributed by atoms with Crippen LogP contribution < -0.4 is 10.7 Å². The van der Waals surface area contributed by atoms with E-state index in [1.165, 1.54) is 18.7 Å². The lowest BCUT2D eigenvalue weighted by atomic mass is 10.2. The summed E-state index contributed by atoms with van der Waals surface area (Å²) in [4.78, 5) is 29.9. The molecule has 18 heavy (non-hydrogen) atoms. The zero-order valence-corrected chi connectivity index (χ0v) is 9.77. The number of carbonyl (C=O) groups excluding carboxylic acids is 1. The first-order valence-electron chi connectivity index (χ1n) is 5.39. The van der Waals surface area contributed by atoms with Gasteiger partial charge in [0.25, 0.3) is 5.91 Å². The van der Waals surface area contributed by atoms with E-state index in [0.29, 0.717) is 24.5 Å². The van der Waals surface area contributed by atoms with Gasteiger partial charge in [0.15, 0.2) is 11.3 Å². The highest BCUT2D eigenvalue weighted by molar-refractivity contribution is 5.93. The van der Waals surface area contributed by atoms with Crippen LogP contribution in [-0.2, 0) is 6.42 Å². The molecule has 0 fully saturated rings. The largest absolute Gasteiger partial charge is 0.364 e. The van der Waals surface area contributed by atoms with E-state index in [1.807, 2.05) is 0 Å². The fraction of sp³-hybridized carbons (Fsp3) is 0.273. The molecule has 2 heterocycles. The van der Waals surface area contributed by atoms with Gasteiger partial charge < -0.3 is 14.8 Å². The van der Waals surface area contributed by atoms with Crippen molar-refractivity contribution in [2.45, 2.75) is 13.3 Å². The Labute approximate surface area is 102 Å². The molecule has 0 aliphatic heterocycles. The molecule has 0 aliphatic carbocycles. The van der Waals surface area contributed by atoms with E-state index in [0.717, 1.165) is 0 Å². The van der Waals surface area contributed by atoms with Gasteiger partial charge in [-0.2, -0.15) is 4.98 Å². The van der Waals surface area contributed by atoms with Gasteiger partial charge in [-0.3, -0.25) is 9.59 Å². The van der Waals surface area contributed by atoms with E-state index in [9.17, 15) is 9.59 Å². The molecule has 0 saturated heterocycles. The molecule has 7 nitrogen and oxygen atoms in total. The lowest BCUT2D eigenvalue weighted by Gasteiger charge is -2.03. The van der Waals surface area contributed by atoms with Gasteiger partial charge >= 0.3 is 0 Å². The van der Waals surface area contributed by atoms with E-state index < -0.39 is 5.91 Å². The number of aromatic nitrogens is 3. The van der Waals surface area contributed by atoms with Crippen LogP contribution in [0.5, 0.6) is 0 Å². The van der Waals surface area contributed by atoms with Crippen molar-refractivity contribution < 1.29 is 9.32 Å². The molecule has 0 aliphatic rings. The van der Waals surface area contributed by atoms with E-state index in [2.05, 4.69) is 25.0 Å². The Kier molecular flexibility index (Phi) is 3.52. The lowest BCUT2D eigenvalue weighted by Crippen LogP contribution is -2.30. The van der Waals surface area contributed by atoms with E-state index in [-0.39, 0.29) is 11.0 Å². The summed E-state index contributed by atoms with van der Waals surface area (Å²) in [6.45, 7) is 2.09. The standard InChI is InChI=1S/C11H12N4O3/c1-7-4-9(16)8(5-13-7)11(17)12-3-2-10-14-6-18-15-10/h4-6H,2-3H2,1H3,(H,12,17)(H,13,16). The zero-order chi connectivity index (χ0) is 13.0. The maximum Gasteiger partial charge on any atom is 0.256 e. The Morgan fingerprint density at radius 2 is 2.39 bits per heavy atom. The highest BCUT2D eigenvalue weighted by Gasteiger charge is 2.09.